The molecule has 2 nitrogen and oxygen atoms in total. The molecule has 0 aliphatic carbocycles. The van der Waals surface area contributed by atoms with Crippen molar-refractivity contribution in [1.29, 1.82) is 0 Å². The number of halogens is 1. The summed E-state index contributed by atoms with van der Waals surface area (Å²) < 4.78 is 0.565. The minimum Gasteiger partial charge on any atom is -0.382 e. The number of hydrogen-bond acceptors (Lipinski definition) is 3. The Kier molecular flexibility index (Phi) is 3.11. The number of thiophene rings is 1. The number of carbonyl (C=O) groups is 1. The van der Waals surface area contributed by atoms with Gasteiger partial charge in [0.05, 0.1) is 9.21 Å². The number of rotatable bonds is 3. The summed E-state index contributed by atoms with van der Waals surface area (Å²) in [5, 5.41) is 9.67. The molecular formula is C9H11ClO2S. The topological polar surface area (TPSA) is 37.3 Å². The minimum atomic E-state index is -1.27. The second kappa shape index (κ2) is 3.78. The van der Waals surface area contributed by atoms with Gasteiger partial charge in [0.15, 0.2) is 0 Å². The van der Waals surface area contributed by atoms with Gasteiger partial charge in [0.2, 0.25) is 5.78 Å². The zero-order valence-corrected chi connectivity index (χ0v) is 9.08. The maximum atomic E-state index is 11.6. The van der Waals surface area contributed by atoms with Crippen LogP contribution in [0, 0.1) is 0 Å². The van der Waals surface area contributed by atoms with Crippen molar-refractivity contribution in [3.8, 4) is 0 Å². The normalized spacial score (nSPS) is 15.4. The third-order valence-corrected chi connectivity index (χ3v) is 3.20. The van der Waals surface area contributed by atoms with E-state index in [1.54, 1.807) is 19.1 Å². The Morgan fingerprint density at radius 2 is 2.31 bits per heavy atom. The van der Waals surface area contributed by atoms with E-state index in [0.717, 1.165) is 0 Å². The van der Waals surface area contributed by atoms with Crippen molar-refractivity contribution in [2.75, 3.05) is 0 Å². The van der Waals surface area contributed by atoms with Crippen molar-refractivity contribution in [3.63, 3.8) is 0 Å². The average molecular weight is 219 g/mol. The average Bonchev–Trinajstić information content (AvgIpc) is 2.50. The van der Waals surface area contributed by atoms with Crippen LogP contribution in [-0.4, -0.2) is 16.5 Å². The lowest BCUT2D eigenvalue weighted by molar-refractivity contribution is 0.0395. The summed E-state index contributed by atoms with van der Waals surface area (Å²) in [6, 6.07) is 3.30. The molecule has 0 radical (unpaired) electrons. The Hall–Kier alpha value is -0.380. The SMILES string of the molecule is CCC(C)(O)C(=O)c1ccc(Cl)s1. The number of Topliss-reactive ketones (excluding diaryl/α,β-unsaturated/α-hetero) is 1. The van der Waals surface area contributed by atoms with Gasteiger partial charge in [-0.15, -0.1) is 11.3 Å². The van der Waals surface area contributed by atoms with Crippen LogP contribution in [0.4, 0.5) is 0 Å². The van der Waals surface area contributed by atoms with Gasteiger partial charge in [-0.25, -0.2) is 0 Å². The van der Waals surface area contributed by atoms with E-state index < -0.39 is 5.60 Å². The van der Waals surface area contributed by atoms with Gasteiger partial charge in [0.25, 0.3) is 0 Å². The molecule has 0 saturated carbocycles. The molecular weight excluding hydrogens is 208 g/mol. The molecule has 0 aliphatic heterocycles. The lowest BCUT2D eigenvalue weighted by Crippen LogP contribution is -2.33. The molecule has 1 aromatic heterocycles. The van der Waals surface area contributed by atoms with E-state index in [2.05, 4.69) is 0 Å². The van der Waals surface area contributed by atoms with Crippen LogP contribution in [-0.2, 0) is 0 Å². The maximum absolute atomic E-state index is 11.6. The predicted octanol–water partition coefficient (Wildman–Crippen LogP) is 2.75. The zero-order valence-electron chi connectivity index (χ0n) is 7.50. The van der Waals surface area contributed by atoms with Gasteiger partial charge in [-0.05, 0) is 25.5 Å². The fourth-order valence-corrected chi connectivity index (χ4v) is 1.97. The van der Waals surface area contributed by atoms with Gasteiger partial charge in [-0.2, -0.15) is 0 Å². The highest BCUT2D eigenvalue weighted by atomic mass is 35.5. The van der Waals surface area contributed by atoms with Crippen LogP contribution < -0.4 is 0 Å². The number of carbonyl (C=O) groups excluding carboxylic acids is 1. The number of hydrogen-bond donors (Lipinski definition) is 1. The summed E-state index contributed by atoms with van der Waals surface area (Å²) in [6.45, 7) is 3.29. The van der Waals surface area contributed by atoms with Gasteiger partial charge in [0, 0.05) is 0 Å². The molecule has 0 spiro atoms. The highest BCUT2D eigenvalue weighted by Gasteiger charge is 2.29. The molecule has 0 amide bonds. The molecule has 1 heterocycles. The van der Waals surface area contributed by atoms with Crippen molar-refractivity contribution in [2.24, 2.45) is 0 Å². The fraction of sp³-hybridized carbons (Fsp3) is 0.444. The highest BCUT2D eigenvalue weighted by molar-refractivity contribution is 7.18. The van der Waals surface area contributed by atoms with Gasteiger partial charge in [-0.3, -0.25) is 4.79 Å². The summed E-state index contributed by atoms with van der Waals surface area (Å²) >= 11 is 6.88. The monoisotopic (exact) mass is 218 g/mol. The molecule has 72 valence electrons. The second-order valence-corrected chi connectivity index (χ2v) is 4.78. The highest BCUT2D eigenvalue weighted by Crippen LogP contribution is 2.26. The van der Waals surface area contributed by atoms with Gasteiger partial charge >= 0.3 is 0 Å². The van der Waals surface area contributed by atoms with Crippen LogP contribution in [0.15, 0.2) is 12.1 Å². The molecule has 0 saturated heterocycles. The standard InChI is InChI=1S/C9H11ClO2S/c1-3-9(2,12)8(11)6-4-5-7(10)13-6/h4-5,12H,3H2,1-2H3. The van der Waals surface area contributed by atoms with E-state index in [1.807, 2.05) is 0 Å². The molecule has 4 heteroatoms. The Morgan fingerprint density at radius 3 is 2.69 bits per heavy atom. The van der Waals surface area contributed by atoms with Crippen LogP contribution in [0.5, 0.6) is 0 Å². The van der Waals surface area contributed by atoms with Gasteiger partial charge in [0.1, 0.15) is 5.60 Å². The summed E-state index contributed by atoms with van der Waals surface area (Å²) in [4.78, 5) is 12.1. The van der Waals surface area contributed by atoms with Crippen molar-refractivity contribution in [3.05, 3.63) is 21.3 Å². The van der Waals surface area contributed by atoms with Gasteiger partial charge in [-0.1, -0.05) is 18.5 Å². The molecule has 0 aliphatic rings. The van der Waals surface area contributed by atoms with Crippen molar-refractivity contribution >= 4 is 28.7 Å². The largest absolute Gasteiger partial charge is 0.382 e. The molecule has 13 heavy (non-hydrogen) atoms. The third-order valence-electron chi connectivity index (χ3n) is 1.97. The van der Waals surface area contributed by atoms with Crippen LogP contribution >= 0.6 is 22.9 Å². The van der Waals surface area contributed by atoms with Crippen LogP contribution in [0.25, 0.3) is 0 Å². The molecule has 0 aromatic carbocycles. The molecule has 1 aromatic rings. The molecule has 1 rings (SSSR count). The third kappa shape index (κ3) is 2.30. The van der Waals surface area contributed by atoms with E-state index in [-0.39, 0.29) is 5.78 Å². The predicted molar refractivity (Wildman–Crippen MR) is 54.6 cm³/mol. The number of aliphatic hydroxyl groups is 1. The van der Waals surface area contributed by atoms with E-state index in [1.165, 1.54) is 18.3 Å². The first-order chi connectivity index (χ1) is 5.97. The maximum Gasteiger partial charge on any atom is 0.203 e. The fourth-order valence-electron chi connectivity index (χ4n) is 0.862. The molecule has 1 unspecified atom stereocenters. The van der Waals surface area contributed by atoms with Crippen molar-refractivity contribution in [1.82, 2.24) is 0 Å². The van der Waals surface area contributed by atoms with Crippen molar-refractivity contribution in [2.45, 2.75) is 25.9 Å². The van der Waals surface area contributed by atoms with E-state index in [9.17, 15) is 9.90 Å². The summed E-state index contributed by atoms with van der Waals surface area (Å²) in [7, 11) is 0. The van der Waals surface area contributed by atoms with Crippen LogP contribution in [0.3, 0.4) is 0 Å². The van der Waals surface area contributed by atoms with Crippen molar-refractivity contribution < 1.29 is 9.90 Å². The second-order valence-electron chi connectivity index (χ2n) is 3.06. The van der Waals surface area contributed by atoms with E-state index in [4.69, 9.17) is 11.6 Å². The Labute approximate surface area is 86.2 Å². The van der Waals surface area contributed by atoms with Crippen LogP contribution in [0.1, 0.15) is 29.9 Å². The smallest absolute Gasteiger partial charge is 0.203 e. The van der Waals surface area contributed by atoms with E-state index >= 15 is 0 Å². The van der Waals surface area contributed by atoms with Crippen LogP contribution in [0.2, 0.25) is 4.34 Å². The molecule has 0 fully saturated rings. The van der Waals surface area contributed by atoms with E-state index in [0.29, 0.717) is 15.6 Å². The first-order valence-electron chi connectivity index (χ1n) is 4.00. The Morgan fingerprint density at radius 1 is 1.69 bits per heavy atom. The summed E-state index contributed by atoms with van der Waals surface area (Å²) in [5.41, 5.74) is -1.27. The molecule has 0 bridgehead atoms. The summed E-state index contributed by atoms with van der Waals surface area (Å²) in [6.07, 6.45) is 0.404. The minimum absolute atomic E-state index is 0.257. The molecule has 1 atom stereocenters. The Bertz CT molecular complexity index is 317. The lowest BCUT2D eigenvalue weighted by atomic mass is 9.97. The quantitative estimate of drug-likeness (QED) is 0.793. The zero-order chi connectivity index (χ0) is 10.1. The summed E-state index contributed by atoms with van der Waals surface area (Å²) in [5.74, 6) is -0.257. The van der Waals surface area contributed by atoms with Gasteiger partial charge < -0.3 is 5.11 Å². The first-order valence-corrected chi connectivity index (χ1v) is 5.19. The Balaban J connectivity index is 2.91. The lowest BCUT2D eigenvalue weighted by Gasteiger charge is -2.17. The molecule has 1 N–H and O–H groups in total. The number of ketones is 1. The first kappa shape index (κ1) is 10.7.